The van der Waals surface area contributed by atoms with Gasteiger partial charge in [-0.3, -0.25) is 9.63 Å². The highest BCUT2D eigenvalue weighted by Crippen LogP contribution is 2.03. The molecule has 1 aliphatic rings. The van der Waals surface area contributed by atoms with Crippen LogP contribution in [0.25, 0.3) is 0 Å². The number of rotatable bonds is 3. The molecule has 1 atom stereocenters. The number of amides is 1. The van der Waals surface area contributed by atoms with E-state index in [1.165, 1.54) is 12.2 Å². The minimum atomic E-state index is -0.0591. The molecule has 0 radical (unpaired) electrons. The summed E-state index contributed by atoms with van der Waals surface area (Å²) in [6.45, 7) is 2.28. The number of hydrogen-bond donors (Lipinski definition) is 1. The molecule has 5 nitrogen and oxygen atoms in total. The first-order valence-corrected chi connectivity index (χ1v) is 4.37. The largest absolute Gasteiger partial charge is 0.375 e. The van der Waals surface area contributed by atoms with Gasteiger partial charge in [0.25, 0.3) is 0 Å². The minimum Gasteiger partial charge on any atom is -0.375 e. The van der Waals surface area contributed by atoms with Gasteiger partial charge in [-0.05, 0) is 0 Å². The minimum absolute atomic E-state index is 0.0150. The van der Waals surface area contributed by atoms with Gasteiger partial charge in [-0.15, -0.1) is 0 Å². The average molecular weight is 188 g/mol. The van der Waals surface area contributed by atoms with Crippen LogP contribution in [0.15, 0.2) is 0 Å². The van der Waals surface area contributed by atoms with E-state index >= 15 is 0 Å². The Morgan fingerprint density at radius 1 is 1.77 bits per heavy atom. The smallest absolute Gasteiger partial charge is 0.248 e. The molecule has 0 aromatic carbocycles. The molecule has 0 aromatic heterocycles. The van der Waals surface area contributed by atoms with Crippen LogP contribution >= 0.6 is 0 Å². The fraction of sp³-hybridized carbons (Fsp3) is 0.875. The molecule has 1 heterocycles. The van der Waals surface area contributed by atoms with E-state index in [0.29, 0.717) is 13.0 Å². The molecule has 0 aromatic rings. The number of morpholine rings is 1. The first-order valence-electron chi connectivity index (χ1n) is 4.37. The maximum absolute atomic E-state index is 11.3. The molecule has 0 bridgehead atoms. The van der Waals surface area contributed by atoms with Crippen LogP contribution < -0.4 is 5.32 Å². The first-order chi connectivity index (χ1) is 6.24. The third-order valence-electron chi connectivity index (χ3n) is 2.03. The topological polar surface area (TPSA) is 50.8 Å². The van der Waals surface area contributed by atoms with E-state index in [1.807, 2.05) is 0 Å². The Bertz CT molecular complexity index is 169. The molecule has 1 aliphatic heterocycles. The van der Waals surface area contributed by atoms with Crippen molar-refractivity contribution >= 4 is 5.91 Å². The van der Waals surface area contributed by atoms with Crippen molar-refractivity contribution in [3.8, 4) is 0 Å². The van der Waals surface area contributed by atoms with Gasteiger partial charge in [-0.1, -0.05) is 0 Å². The van der Waals surface area contributed by atoms with Gasteiger partial charge >= 0.3 is 0 Å². The van der Waals surface area contributed by atoms with Crippen molar-refractivity contribution in [1.82, 2.24) is 10.4 Å². The lowest BCUT2D eigenvalue weighted by Gasteiger charge is -2.24. The van der Waals surface area contributed by atoms with E-state index < -0.39 is 0 Å². The van der Waals surface area contributed by atoms with Crippen LogP contribution in [0.4, 0.5) is 0 Å². The zero-order valence-electron chi connectivity index (χ0n) is 8.08. The summed E-state index contributed by atoms with van der Waals surface area (Å²) in [5, 5.41) is 4.38. The predicted molar refractivity (Wildman–Crippen MR) is 47.0 cm³/mol. The Hall–Kier alpha value is -0.650. The molecule has 0 aliphatic carbocycles. The van der Waals surface area contributed by atoms with Gasteiger partial charge in [-0.25, -0.2) is 5.06 Å². The van der Waals surface area contributed by atoms with Crippen LogP contribution in [0, 0.1) is 0 Å². The summed E-state index contributed by atoms with van der Waals surface area (Å²) in [7, 11) is 3.07. The summed E-state index contributed by atoms with van der Waals surface area (Å²) < 4.78 is 5.38. The Kier molecular flexibility index (Phi) is 4.14. The van der Waals surface area contributed by atoms with Crippen molar-refractivity contribution in [2.75, 3.05) is 33.9 Å². The molecule has 1 N–H and O–H groups in total. The first kappa shape index (κ1) is 10.4. The summed E-state index contributed by atoms with van der Waals surface area (Å²) in [5.41, 5.74) is 0. The lowest BCUT2D eigenvalue weighted by Crippen LogP contribution is -2.41. The zero-order valence-corrected chi connectivity index (χ0v) is 8.08. The lowest BCUT2D eigenvalue weighted by atomic mass is 10.2. The van der Waals surface area contributed by atoms with E-state index in [0.717, 1.165) is 13.1 Å². The van der Waals surface area contributed by atoms with Crippen molar-refractivity contribution in [3.05, 3.63) is 0 Å². The normalized spacial score (nSPS) is 22.8. The summed E-state index contributed by atoms with van der Waals surface area (Å²) >= 11 is 0. The summed E-state index contributed by atoms with van der Waals surface area (Å²) in [4.78, 5) is 16.1. The molecule has 1 saturated heterocycles. The predicted octanol–water partition coefficient (Wildman–Crippen LogP) is -0.615. The third-order valence-corrected chi connectivity index (χ3v) is 2.03. The van der Waals surface area contributed by atoms with Gasteiger partial charge in [0.05, 0.1) is 26.2 Å². The second-order valence-corrected chi connectivity index (χ2v) is 2.97. The van der Waals surface area contributed by atoms with Gasteiger partial charge in [0.15, 0.2) is 0 Å². The molecule has 5 heteroatoms. The quantitative estimate of drug-likeness (QED) is 0.600. The van der Waals surface area contributed by atoms with Crippen LogP contribution in [-0.4, -0.2) is 50.9 Å². The van der Waals surface area contributed by atoms with Gasteiger partial charge in [0.2, 0.25) is 5.91 Å². The molecule has 1 rings (SSSR count). The number of nitrogens with zero attached hydrogens (tertiary/aromatic N) is 1. The van der Waals surface area contributed by atoms with Crippen molar-refractivity contribution in [2.45, 2.75) is 12.5 Å². The highest BCUT2D eigenvalue weighted by atomic mass is 16.7. The molecule has 76 valence electrons. The number of ether oxygens (including phenoxy) is 1. The number of hydrogen-bond acceptors (Lipinski definition) is 4. The van der Waals surface area contributed by atoms with Crippen LogP contribution in [0.2, 0.25) is 0 Å². The molecule has 0 spiro atoms. The number of carbonyl (C=O) groups is 1. The molecule has 0 saturated carbocycles. The average Bonchev–Trinajstić information content (AvgIpc) is 2.18. The standard InChI is InChI=1S/C8H16N2O3/c1-10(12-2)8(11)5-7-6-9-3-4-13-7/h7,9H,3-6H2,1-2H3. The molecule has 1 amide bonds. The van der Waals surface area contributed by atoms with Crippen LogP contribution in [-0.2, 0) is 14.4 Å². The number of nitrogens with one attached hydrogen (secondary N) is 1. The fourth-order valence-electron chi connectivity index (χ4n) is 1.18. The Morgan fingerprint density at radius 3 is 3.08 bits per heavy atom. The van der Waals surface area contributed by atoms with Crippen molar-refractivity contribution in [1.29, 1.82) is 0 Å². The second kappa shape index (κ2) is 5.16. The Balaban J connectivity index is 2.26. The van der Waals surface area contributed by atoms with Crippen molar-refractivity contribution < 1.29 is 14.4 Å². The molecular weight excluding hydrogens is 172 g/mol. The number of hydroxylamine groups is 2. The van der Waals surface area contributed by atoms with Crippen molar-refractivity contribution in [3.63, 3.8) is 0 Å². The lowest BCUT2D eigenvalue weighted by molar-refractivity contribution is -0.171. The monoisotopic (exact) mass is 188 g/mol. The van der Waals surface area contributed by atoms with E-state index in [4.69, 9.17) is 9.57 Å². The maximum Gasteiger partial charge on any atom is 0.248 e. The maximum atomic E-state index is 11.3. The van der Waals surface area contributed by atoms with E-state index in [2.05, 4.69) is 5.32 Å². The van der Waals surface area contributed by atoms with Crippen LogP contribution in [0.3, 0.4) is 0 Å². The third kappa shape index (κ3) is 3.30. The van der Waals surface area contributed by atoms with Gasteiger partial charge in [-0.2, -0.15) is 0 Å². The SMILES string of the molecule is CON(C)C(=O)CC1CNCCO1. The van der Waals surface area contributed by atoms with Crippen LogP contribution in [0.5, 0.6) is 0 Å². The van der Waals surface area contributed by atoms with E-state index in [9.17, 15) is 4.79 Å². The fourth-order valence-corrected chi connectivity index (χ4v) is 1.18. The molecule has 1 fully saturated rings. The summed E-state index contributed by atoms with van der Waals surface area (Å²) in [6.07, 6.45) is 0.357. The highest BCUT2D eigenvalue weighted by molar-refractivity contribution is 5.75. The molecule has 13 heavy (non-hydrogen) atoms. The highest BCUT2D eigenvalue weighted by Gasteiger charge is 2.19. The zero-order chi connectivity index (χ0) is 9.68. The van der Waals surface area contributed by atoms with E-state index in [1.54, 1.807) is 7.05 Å². The second-order valence-electron chi connectivity index (χ2n) is 2.97. The Labute approximate surface area is 77.9 Å². The van der Waals surface area contributed by atoms with E-state index in [-0.39, 0.29) is 12.0 Å². The summed E-state index contributed by atoms with van der Waals surface area (Å²) in [5.74, 6) is -0.0591. The summed E-state index contributed by atoms with van der Waals surface area (Å²) in [6, 6.07) is 0. The number of carbonyl (C=O) groups excluding carboxylic acids is 1. The van der Waals surface area contributed by atoms with Gasteiger partial charge in [0, 0.05) is 20.1 Å². The Morgan fingerprint density at radius 2 is 2.54 bits per heavy atom. The van der Waals surface area contributed by atoms with Crippen LogP contribution in [0.1, 0.15) is 6.42 Å². The molecule has 1 unspecified atom stereocenters. The van der Waals surface area contributed by atoms with Crippen molar-refractivity contribution in [2.24, 2.45) is 0 Å². The van der Waals surface area contributed by atoms with Gasteiger partial charge < -0.3 is 10.1 Å². The molecular formula is C8H16N2O3. The van der Waals surface area contributed by atoms with Gasteiger partial charge in [0.1, 0.15) is 0 Å².